The monoisotopic (exact) mass is 477 g/mol. The maximum atomic E-state index is 13.1. The van der Waals surface area contributed by atoms with Crippen molar-refractivity contribution in [2.24, 2.45) is 0 Å². The van der Waals surface area contributed by atoms with E-state index < -0.39 is 10.0 Å². The fourth-order valence-electron chi connectivity index (χ4n) is 4.33. The second kappa shape index (κ2) is 9.11. The highest BCUT2D eigenvalue weighted by atomic mass is 32.2. The lowest BCUT2D eigenvalue weighted by atomic mass is 10.1. The molecule has 1 saturated heterocycles. The van der Waals surface area contributed by atoms with Gasteiger partial charge in [-0.05, 0) is 56.5 Å². The third-order valence-corrected chi connectivity index (χ3v) is 8.14. The van der Waals surface area contributed by atoms with Crippen molar-refractivity contribution in [2.75, 3.05) is 11.9 Å². The van der Waals surface area contributed by atoms with E-state index in [0.29, 0.717) is 46.5 Å². The summed E-state index contributed by atoms with van der Waals surface area (Å²) in [5.74, 6) is 1.12. The molecule has 0 spiro atoms. The predicted octanol–water partition coefficient (Wildman–Crippen LogP) is 3.88. The first-order valence-electron chi connectivity index (χ1n) is 11.4. The van der Waals surface area contributed by atoms with Crippen LogP contribution < -0.4 is 5.32 Å². The average molecular weight is 478 g/mol. The lowest BCUT2D eigenvalue weighted by Crippen LogP contribution is -2.41. The molecular formula is C24H27N7O2S. The van der Waals surface area contributed by atoms with Gasteiger partial charge in [-0.25, -0.2) is 23.1 Å². The standard InChI is InChI=1S/C24H27N7O2S/c1-17-8-6-7-15-31(17)34(32,33)21-13-11-20(12-14-21)27-23-22-24(26-18(2)25-23)30(29-28-22)16-19-9-4-3-5-10-19/h3-5,9-14,17H,6-8,15-16H2,1-2H3,(H,25,26,27). The zero-order chi connectivity index (χ0) is 23.7. The summed E-state index contributed by atoms with van der Waals surface area (Å²) in [6.07, 6.45) is 2.86. The molecule has 9 nitrogen and oxygen atoms in total. The number of hydrogen-bond acceptors (Lipinski definition) is 7. The van der Waals surface area contributed by atoms with E-state index in [0.717, 1.165) is 24.8 Å². The van der Waals surface area contributed by atoms with E-state index in [2.05, 4.69) is 25.6 Å². The summed E-state index contributed by atoms with van der Waals surface area (Å²) in [7, 11) is -3.51. The number of piperidine rings is 1. The minimum atomic E-state index is -3.51. The Morgan fingerprint density at radius 2 is 1.79 bits per heavy atom. The fraction of sp³-hybridized carbons (Fsp3) is 0.333. The Labute approximate surface area is 198 Å². The van der Waals surface area contributed by atoms with Crippen LogP contribution in [0.3, 0.4) is 0 Å². The molecule has 2 aromatic carbocycles. The SMILES string of the molecule is Cc1nc(Nc2ccc(S(=O)(=O)N3CCCCC3C)cc2)c2nnn(Cc3ccccc3)c2n1. The third kappa shape index (κ3) is 4.38. The number of benzene rings is 2. The number of aromatic nitrogens is 5. The van der Waals surface area contributed by atoms with Crippen LogP contribution in [-0.4, -0.2) is 50.3 Å². The number of fused-ring (bicyclic) bond motifs is 1. The second-order valence-corrected chi connectivity index (χ2v) is 10.5. The Bertz CT molecular complexity index is 1400. The van der Waals surface area contributed by atoms with E-state index >= 15 is 0 Å². The number of nitrogens with zero attached hydrogens (tertiary/aromatic N) is 6. The molecule has 3 heterocycles. The van der Waals surface area contributed by atoms with Crippen LogP contribution in [0.1, 0.15) is 37.6 Å². The van der Waals surface area contributed by atoms with Gasteiger partial charge in [0.05, 0.1) is 11.4 Å². The normalized spacial score (nSPS) is 17.2. The van der Waals surface area contributed by atoms with Crippen LogP contribution in [0.15, 0.2) is 59.5 Å². The van der Waals surface area contributed by atoms with E-state index in [1.165, 1.54) is 0 Å². The Kier molecular flexibility index (Phi) is 6.01. The van der Waals surface area contributed by atoms with E-state index in [1.807, 2.05) is 44.2 Å². The summed E-state index contributed by atoms with van der Waals surface area (Å²) >= 11 is 0. The second-order valence-electron chi connectivity index (χ2n) is 8.63. The summed E-state index contributed by atoms with van der Waals surface area (Å²) in [6.45, 7) is 4.91. The molecule has 2 aromatic heterocycles. The summed E-state index contributed by atoms with van der Waals surface area (Å²) in [5, 5.41) is 11.8. The van der Waals surface area contributed by atoms with Crippen LogP contribution in [0.5, 0.6) is 0 Å². The van der Waals surface area contributed by atoms with Crippen LogP contribution in [-0.2, 0) is 16.6 Å². The van der Waals surface area contributed by atoms with E-state index in [4.69, 9.17) is 0 Å². The van der Waals surface area contributed by atoms with Crippen molar-refractivity contribution in [3.63, 3.8) is 0 Å². The van der Waals surface area contributed by atoms with Crippen molar-refractivity contribution < 1.29 is 8.42 Å². The van der Waals surface area contributed by atoms with Crippen LogP contribution in [0.2, 0.25) is 0 Å². The van der Waals surface area contributed by atoms with Gasteiger partial charge in [-0.15, -0.1) is 5.10 Å². The summed E-state index contributed by atoms with van der Waals surface area (Å²) in [6, 6.07) is 16.8. The van der Waals surface area contributed by atoms with Crippen LogP contribution in [0.4, 0.5) is 11.5 Å². The van der Waals surface area contributed by atoms with E-state index in [9.17, 15) is 8.42 Å². The van der Waals surface area contributed by atoms with Crippen molar-refractivity contribution in [1.82, 2.24) is 29.3 Å². The first kappa shape index (κ1) is 22.4. The number of aryl methyl sites for hydroxylation is 1. The Morgan fingerprint density at radius 3 is 2.53 bits per heavy atom. The predicted molar refractivity (Wildman–Crippen MR) is 130 cm³/mol. The molecule has 0 radical (unpaired) electrons. The zero-order valence-electron chi connectivity index (χ0n) is 19.2. The summed E-state index contributed by atoms with van der Waals surface area (Å²) in [5.41, 5.74) is 3.00. The van der Waals surface area contributed by atoms with Crippen LogP contribution in [0, 0.1) is 6.92 Å². The van der Waals surface area contributed by atoms with E-state index in [-0.39, 0.29) is 6.04 Å². The van der Waals surface area contributed by atoms with E-state index in [1.54, 1.807) is 33.3 Å². The highest BCUT2D eigenvalue weighted by molar-refractivity contribution is 7.89. The molecule has 1 atom stereocenters. The number of hydrogen-bond donors (Lipinski definition) is 1. The Hall–Kier alpha value is -3.37. The summed E-state index contributed by atoms with van der Waals surface area (Å²) in [4.78, 5) is 9.34. The van der Waals surface area contributed by atoms with Gasteiger partial charge in [0.2, 0.25) is 10.0 Å². The molecule has 10 heteroatoms. The molecule has 176 valence electrons. The van der Waals surface area contributed by atoms with Crippen molar-refractivity contribution in [3.8, 4) is 0 Å². The van der Waals surface area contributed by atoms with Gasteiger partial charge >= 0.3 is 0 Å². The molecule has 1 fully saturated rings. The highest BCUT2D eigenvalue weighted by Crippen LogP contribution is 2.27. The van der Waals surface area contributed by atoms with Gasteiger partial charge in [0.15, 0.2) is 17.0 Å². The Morgan fingerprint density at radius 1 is 1.03 bits per heavy atom. The molecular weight excluding hydrogens is 450 g/mol. The molecule has 1 unspecified atom stereocenters. The van der Waals surface area contributed by atoms with Crippen molar-refractivity contribution in [1.29, 1.82) is 0 Å². The minimum Gasteiger partial charge on any atom is -0.338 e. The molecule has 0 saturated carbocycles. The topological polar surface area (TPSA) is 106 Å². The van der Waals surface area contributed by atoms with Crippen molar-refractivity contribution in [2.45, 2.75) is 50.6 Å². The van der Waals surface area contributed by atoms with Crippen LogP contribution >= 0.6 is 0 Å². The quantitative estimate of drug-likeness (QED) is 0.449. The molecule has 0 amide bonds. The van der Waals surface area contributed by atoms with Gasteiger partial charge < -0.3 is 5.32 Å². The van der Waals surface area contributed by atoms with Gasteiger partial charge in [-0.3, -0.25) is 0 Å². The number of nitrogens with one attached hydrogen (secondary N) is 1. The molecule has 0 aliphatic carbocycles. The number of anilines is 2. The largest absolute Gasteiger partial charge is 0.338 e. The van der Waals surface area contributed by atoms with Gasteiger partial charge in [-0.1, -0.05) is 42.0 Å². The van der Waals surface area contributed by atoms with Crippen LogP contribution in [0.25, 0.3) is 11.2 Å². The van der Waals surface area contributed by atoms with Gasteiger partial charge in [0.1, 0.15) is 5.82 Å². The molecule has 5 rings (SSSR count). The summed E-state index contributed by atoms with van der Waals surface area (Å²) < 4.78 is 29.6. The van der Waals surface area contributed by atoms with Gasteiger partial charge in [-0.2, -0.15) is 4.31 Å². The maximum Gasteiger partial charge on any atom is 0.243 e. The van der Waals surface area contributed by atoms with Gasteiger partial charge in [0, 0.05) is 18.3 Å². The first-order valence-corrected chi connectivity index (χ1v) is 12.9. The number of rotatable bonds is 6. The smallest absolute Gasteiger partial charge is 0.243 e. The van der Waals surface area contributed by atoms with Crippen molar-refractivity contribution in [3.05, 3.63) is 66.0 Å². The average Bonchev–Trinajstić information content (AvgIpc) is 3.23. The Balaban J connectivity index is 1.40. The zero-order valence-corrected chi connectivity index (χ0v) is 20.0. The fourth-order valence-corrected chi connectivity index (χ4v) is 6.03. The minimum absolute atomic E-state index is 0.0207. The highest BCUT2D eigenvalue weighted by Gasteiger charge is 2.30. The molecule has 34 heavy (non-hydrogen) atoms. The molecule has 1 aliphatic heterocycles. The molecule has 1 N–H and O–H groups in total. The first-order chi connectivity index (χ1) is 16.4. The van der Waals surface area contributed by atoms with Crippen molar-refractivity contribution >= 4 is 32.7 Å². The third-order valence-electron chi connectivity index (χ3n) is 6.12. The molecule has 4 aromatic rings. The van der Waals surface area contributed by atoms with Gasteiger partial charge in [0.25, 0.3) is 0 Å². The lowest BCUT2D eigenvalue weighted by Gasteiger charge is -2.32. The number of sulfonamides is 1. The lowest BCUT2D eigenvalue weighted by molar-refractivity contribution is 0.268. The molecule has 0 bridgehead atoms. The molecule has 1 aliphatic rings. The maximum absolute atomic E-state index is 13.1.